The van der Waals surface area contributed by atoms with E-state index in [-0.39, 0.29) is 17.7 Å². The van der Waals surface area contributed by atoms with E-state index in [0.29, 0.717) is 5.56 Å². The van der Waals surface area contributed by atoms with Crippen molar-refractivity contribution in [2.45, 2.75) is 37.2 Å². The van der Waals surface area contributed by atoms with Gasteiger partial charge < -0.3 is 25.2 Å². The second kappa shape index (κ2) is 7.41. The number of nitrogens with zero attached hydrogens (tertiary/aromatic N) is 4. The SMILES string of the molecule is O=c1c2ncn([C@@H]3O[C@H](CO)[C@@H](O)[C@H]3O)c2ncn1CC(O)c1ccccc1. The van der Waals surface area contributed by atoms with E-state index in [9.17, 15) is 25.2 Å². The molecule has 5 atom stereocenters. The van der Waals surface area contributed by atoms with Crippen LogP contribution < -0.4 is 5.56 Å². The number of aliphatic hydroxyl groups is 4. The van der Waals surface area contributed by atoms with Gasteiger partial charge in [0.15, 0.2) is 17.4 Å². The summed E-state index contributed by atoms with van der Waals surface area (Å²) in [6, 6.07) is 8.95. The highest BCUT2D eigenvalue weighted by Crippen LogP contribution is 2.30. The molecule has 1 aliphatic heterocycles. The molecule has 10 nitrogen and oxygen atoms in total. The van der Waals surface area contributed by atoms with Crippen molar-refractivity contribution >= 4 is 11.2 Å². The van der Waals surface area contributed by atoms with Crippen LogP contribution in [0.25, 0.3) is 11.2 Å². The highest BCUT2D eigenvalue weighted by molar-refractivity contribution is 5.69. The highest BCUT2D eigenvalue weighted by Gasteiger charge is 2.44. The molecule has 0 spiro atoms. The summed E-state index contributed by atoms with van der Waals surface area (Å²) in [6.45, 7) is -0.453. The molecular formula is C18H20N4O6. The molecule has 1 saturated heterocycles. The Morgan fingerprint density at radius 1 is 1.11 bits per heavy atom. The predicted molar refractivity (Wildman–Crippen MR) is 96.2 cm³/mol. The number of ether oxygens (including phenoxy) is 1. The number of aromatic nitrogens is 4. The molecule has 3 heterocycles. The maximum absolute atomic E-state index is 12.7. The van der Waals surface area contributed by atoms with Gasteiger partial charge in [0.05, 0.1) is 25.6 Å². The van der Waals surface area contributed by atoms with E-state index in [1.165, 1.54) is 21.8 Å². The molecule has 4 rings (SSSR count). The van der Waals surface area contributed by atoms with Gasteiger partial charge >= 0.3 is 0 Å². The number of aliphatic hydroxyl groups excluding tert-OH is 4. The molecule has 28 heavy (non-hydrogen) atoms. The van der Waals surface area contributed by atoms with Gasteiger partial charge in [0.2, 0.25) is 0 Å². The number of hydrogen-bond donors (Lipinski definition) is 4. The van der Waals surface area contributed by atoms with Gasteiger partial charge in [0.1, 0.15) is 24.6 Å². The Bertz CT molecular complexity index is 1020. The number of rotatable bonds is 5. The molecule has 10 heteroatoms. The summed E-state index contributed by atoms with van der Waals surface area (Å²) < 4.78 is 8.07. The molecule has 3 aromatic rings. The number of fused-ring (bicyclic) bond motifs is 1. The van der Waals surface area contributed by atoms with E-state index < -0.39 is 42.8 Å². The van der Waals surface area contributed by atoms with Crippen LogP contribution in [0.5, 0.6) is 0 Å². The van der Waals surface area contributed by atoms with Gasteiger partial charge in [-0.15, -0.1) is 0 Å². The molecule has 0 bridgehead atoms. The maximum atomic E-state index is 12.7. The average molecular weight is 388 g/mol. The predicted octanol–water partition coefficient (Wildman–Crippen LogP) is -1.06. The largest absolute Gasteiger partial charge is 0.394 e. The Labute approximate surface area is 158 Å². The molecule has 0 saturated carbocycles. The van der Waals surface area contributed by atoms with E-state index in [1.54, 1.807) is 24.3 Å². The topological polar surface area (TPSA) is 143 Å². The standard InChI is InChI=1S/C18H20N4O6/c23-7-12-14(25)15(26)18(28-12)22-9-19-13-16(22)20-8-21(17(13)27)6-11(24)10-4-2-1-3-5-10/h1-5,8-9,11-12,14-15,18,23-26H,6-7H2/t11?,12-,14-,15-,18-/m1/s1. The van der Waals surface area contributed by atoms with Gasteiger partial charge in [-0.05, 0) is 5.56 Å². The van der Waals surface area contributed by atoms with Crippen LogP contribution >= 0.6 is 0 Å². The zero-order chi connectivity index (χ0) is 19.8. The molecule has 0 radical (unpaired) electrons. The lowest BCUT2D eigenvalue weighted by Crippen LogP contribution is -2.33. The number of benzene rings is 1. The van der Waals surface area contributed by atoms with Crippen molar-refractivity contribution in [2.24, 2.45) is 0 Å². The van der Waals surface area contributed by atoms with Gasteiger partial charge in [-0.1, -0.05) is 30.3 Å². The highest BCUT2D eigenvalue weighted by atomic mass is 16.6. The fourth-order valence-corrected chi connectivity index (χ4v) is 3.34. The van der Waals surface area contributed by atoms with Crippen molar-refractivity contribution in [3.63, 3.8) is 0 Å². The Kier molecular flexibility index (Phi) is 4.96. The lowest BCUT2D eigenvalue weighted by atomic mass is 10.1. The maximum Gasteiger partial charge on any atom is 0.281 e. The van der Waals surface area contributed by atoms with Gasteiger partial charge in [0, 0.05) is 0 Å². The first-order valence-corrected chi connectivity index (χ1v) is 8.78. The second-order valence-corrected chi connectivity index (χ2v) is 6.68. The van der Waals surface area contributed by atoms with Crippen LogP contribution in [0.3, 0.4) is 0 Å². The molecular weight excluding hydrogens is 368 g/mol. The summed E-state index contributed by atoms with van der Waals surface area (Å²) >= 11 is 0. The average Bonchev–Trinajstić information content (AvgIpc) is 3.26. The zero-order valence-electron chi connectivity index (χ0n) is 14.7. The van der Waals surface area contributed by atoms with Crippen molar-refractivity contribution < 1.29 is 25.2 Å². The summed E-state index contributed by atoms with van der Waals surface area (Å²) in [5, 5.41) is 39.7. The fourth-order valence-electron chi connectivity index (χ4n) is 3.34. The summed E-state index contributed by atoms with van der Waals surface area (Å²) in [7, 11) is 0. The summed E-state index contributed by atoms with van der Waals surface area (Å²) in [5.41, 5.74) is 0.433. The van der Waals surface area contributed by atoms with Crippen LogP contribution in [0.4, 0.5) is 0 Å². The lowest BCUT2D eigenvalue weighted by Gasteiger charge is -2.17. The first-order chi connectivity index (χ1) is 13.5. The third-order valence-corrected chi connectivity index (χ3v) is 4.90. The van der Waals surface area contributed by atoms with E-state index in [0.717, 1.165) is 0 Å². The Hall–Kier alpha value is -2.63. The summed E-state index contributed by atoms with van der Waals surface area (Å²) in [5.74, 6) is 0. The Balaban J connectivity index is 1.64. The molecule has 1 aliphatic rings. The summed E-state index contributed by atoms with van der Waals surface area (Å²) in [4.78, 5) is 21.0. The van der Waals surface area contributed by atoms with E-state index in [1.807, 2.05) is 6.07 Å². The quantitative estimate of drug-likeness (QED) is 0.433. The molecule has 1 unspecified atom stereocenters. The van der Waals surface area contributed by atoms with Crippen LogP contribution in [0.15, 0.2) is 47.8 Å². The van der Waals surface area contributed by atoms with Crippen molar-refractivity contribution in [3.8, 4) is 0 Å². The first kappa shape index (κ1) is 18.7. The molecule has 2 aromatic heterocycles. The smallest absolute Gasteiger partial charge is 0.281 e. The third kappa shape index (κ3) is 3.11. The third-order valence-electron chi connectivity index (χ3n) is 4.90. The lowest BCUT2D eigenvalue weighted by molar-refractivity contribution is -0.0511. The monoisotopic (exact) mass is 388 g/mol. The first-order valence-electron chi connectivity index (χ1n) is 8.78. The Morgan fingerprint density at radius 2 is 1.86 bits per heavy atom. The molecule has 1 aromatic carbocycles. The van der Waals surface area contributed by atoms with Crippen molar-refractivity contribution in [1.82, 2.24) is 19.1 Å². The molecule has 4 N–H and O–H groups in total. The number of hydrogen-bond acceptors (Lipinski definition) is 8. The van der Waals surface area contributed by atoms with E-state index in [4.69, 9.17) is 4.74 Å². The van der Waals surface area contributed by atoms with Crippen LogP contribution in [-0.4, -0.2) is 64.4 Å². The minimum atomic E-state index is -1.31. The van der Waals surface area contributed by atoms with Crippen LogP contribution in [0.1, 0.15) is 17.9 Å². The summed E-state index contributed by atoms with van der Waals surface area (Å²) in [6.07, 6.45) is -2.87. The van der Waals surface area contributed by atoms with E-state index >= 15 is 0 Å². The number of imidazole rings is 1. The van der Waals surface area contributed by atoms with Gasteiger partial charge in [-0.25, -0.2) is 9.97 Å². The van der Waals surface area contributed by atoms with Crippen molar-refractivity contribution in [3.05, 3.63) is 58.9 Å². The van der Waals surface area contributed by atoms with E-state index in [2.05, 4.69) is 9.97 Å². The van der Waals surface area contributed by atoms with Crippen molar-refractivity contribution in [1.29, 1.82) is 0 Å². The molecule has 0 amide bonds. The normalized spacial score (nSPS) is 26.0. The fraction of sp³-hybridized carbons (Fsp3) is 0.389. The molecule has 148 valence electrons. The minimum Gasteiger partial charge on any atom is -0.394 e. The van der Waals surface area contributed by atoms with Gasteiger partial charge in [-0.3, -0.25) is 13.9 Å². The molecule has 0 aliphatic carbocycles. The van der Waals surface area contributed by atoms with Gasteiger partial charge in [0.25, 0.3) is 5.56 Å². The minimum absolute atomic E-state index is 0.00645. The van der Waals surface area contributed by atoms with Gasteiger partial charge in [-0.2, -0.15) is 0 Å². The van der Waals surface area contributed by atoms with Crippen LogP contribution in [-0.2, 0) is 11.3 Å². The molecule has 1 fully saturated rings. The van der Waals surface area contributed by atoms with Crippen LogP contribution in [0.2, 0.25) is 0 Å². The van der Waals surface area contributed by atoms with Crippen molar-refractivity contribution in [2.75, 3.05) is 6.61 Å². The van der Waals surface area contributed by atoms with Crippen LogP contribution in [0, 0.1) is 0 Å². The second-order valence-electron chi connectivity index (χ2n) is 6.68. The Morgan fingerprint density at radius 3 is 2.54 bits per heavy atom. The zero-order valence-corrected chi connectivity index (χ0v) is 14.7.